The first kappa shape index (κ1) is 13.8. The molecule has 0 heterocycles. The molecule has 0 amide bonds. The first-order chi connectivity index (χ1) is 7.68. The second-order valence-electron chi connectivity index (χ2n) is 3.44. The third kappa shape index (κ3) is 3.12. The van der Waals surface area contributed by atoms with Gasteiger partial charge in [0.05, 0.1) is 11.1 Å². The fraction of sp³-hybridized carbons (Fsp3) is 0.400. The van der Waals surface area contributed by atoms with Crippen LogP contribution in [0.3, 0.4) is 0 Å². The largest absolute Gasteiger partial charge is 0.416 e. The van der Waals surface area contributed by atoms with E-state index in [0.717, 1.165) is 0 Å². The number of halogens is 6. The summed E-state index contributed by atoms with van der Waals surface area (Å²) in [5, 5.41) is 0. The molecule has 1 aromatic rings. The van der Waals surface area contributed by atoms with E-state index in [2.05, 4.69) is 0 Å². The van der Waals surface area contributed by atoms with Gasteiger partial charge in [0.15, 0.2) is 0 Å². The van der Waals surface area contributed by atoms with Crippen LogP contribution in [0.4, 0.5) is 26.3 Å². The van der Waals surface area contributed by atoms with E-state index < -0.39 is 42.0 Å². The highest BCUT2D eigenvalue weighted by atomic mass is 19.4. The van der Waals surface area contributed by atoms with Crippen LogP contribution >= 0.6 is 0 Å². The zero-order valence-electron chi connectivity index (χ0n) is 8.49. The van der Waals surface area contributed by atoms with Gasteiger partial charge in [-0.25, -0.2) is 13.2 Å². The highest BCUT2D eigenvalue weighted by Gasteiger charge is 2.36. The summed E-state index contributed by atoms with van der Waals surface area (Å²) in [6, 6.07) is 0.913. The highest BCUT2D eigenvalue weighted by Crippen LogP contribution is 2.36. The van der Waals surface area contributed by atoms with E-state index in [9.17, 15) is 26.3 Å². The summed E-state index contributed by atoms with van der Waals surface area (Å²) >= 11 is 0. The van der Waals surface area contributed by atoms with E-state index in [1.54, 1.807) is 0 Å². The predicted molar refractivity (Wildman–Crippen MR) is 49.0 cm³/mol. The molecular formula is C10H9F6N. The van der Waals surface area contributed by atoms with Gasteiger partial charge in [-0.1, -0.05) is 0 Å². The number of rotatable bonds is 3. The van der Waals surface area contributed by atoms with Crippen LogP contribution in [0.5, 0.6) is 0 Å². The lowest BCUT2D eigenvalue weighted by atomic mass is 10.0. The Morgan fingerprint density at radius 3 is 2.06 bits per heavy atom. The van der Waals surface area contributed by atoms with Crippen molar-refractivity contribution < 1.29 is 26.3 Å². The average molecular weight is 257 g/mol. The molecule has 7 heteroatoms. The molecule has 0 spiro atoms. The van der Waals surface area contributed by atoms with Crippen LogP contribution in [0.2, 0.25) is 0 Å². The molecule has 0 aromatic heterocycles. The molecule has 0 radical (unpaired) electrons. The van der Waals surface area contributed by atoms with Crippen LogP contribution < -0.4 is 5.73 Å². The number of alkyl halides is 5. The first-order valence-corrected chi connectivity index (χ1v) is 4.63. The second kappa shape index (κ2) is 4.56. The minimum absolute atomic E-state index is 0.0553. The molecule has 0 aliphatic carbocycles. The van der Waals surface area contributed by atoms with Crippen molar-refractivity contribution in [1.29, 1.82) is 0 Å². The van der Waals surface area contributed by atoms with Gasteiger partial charge in [0.2, 0.25) is 0 Å². The number of benzene rings is 1. The Hall–Kier alpha value is -1.24. The van der Waals surface area contributed by atoms with Gasteiger partial charge in [-0.15, -0.1) is 0 Å². The van der Waals surface area contributed by atoms with Crippen molar-refractivity contribution in [3.63, 3.8) is 0 Å². The zero-order chi connectivity index (χ0) is 13.3. The molecular weight excluding hydrogens is 248 g/mol. The summed E-state index contributed by atoms with van der Waals surface area (Å²) in [5.74, 6) is -5.15. The van der Waals surface area contributed by atoms with Crippen molar-refractivity contribution in [3.8, 4) is 0 Å². The monoisotopic (exact) mass is 257 g/mol. The molecule has 96 valence electrons. The van der Waals surface area contributed by atoms with Crippen molar-refractivity contribution in [3.05, 3.63) is 35.1 Å². The third-order valence-electron chi connectivity index (χ3n) is 2.15. The fourth-order valence-electron chi connectivity index (χ4n) is 1.30. The molecule has 0 atom stereocenters. The van der Waals surface area contributed by atoms with Crippen LogP contribution in [0.15, 0.2) is 18.2 Å². The quantitative estimate of drug-likeness (QED) is 0.826. The maximum Gasteiger partial charge on any atom is 0.416 e. The van der Waals surface area contributed by atoms with Gasteiger partial charge in [-0.2, -0.15) is 13.2 Å². The Labute approximate surface area is 93.2 Å². The molecule has 0 saturated carbocycles. The molecule has 0 bridgehead atoms. The summed E-state index contributed by atoms with van der Waals surface area (Å²) in [7, 11) is 0. The number of hydrogen-bond acceptors (Lipinski definition) is 1. The van der Waals surface area contributed by atoms with Gasteiger partial charge < -0.3 is 5.73 Å². The highest BCUT2D eigenvalue weighted by molar-refractivity contribution is 5.29. The fourth-order valence-corrected chi connectivity index (χ4v) is 1.30. The number of hydrogen-bond donors (Lipinski definition) is 1. The Balaban J connectivity index is 3.14. The molecule has 17 heavy (non-hydrogen) atoms. The molecule has 0 unspecified atom stereocenters. The molecule has 0 aliphatic heterocycles. The van der Waals surface area contributed by atoms with Crippen molar-refractivity contribution in [2.45, 2.75) is 18.5 Å². The van der Waals surface area contributed by atoms with E-state index in [1.807, 2.05) is 0 Å². The summed E-state index contributed by atoms with van der Waals surface area (Å²) in [5.41, 5.74) is 2.54. The molecule has 0 fully saturated rings. The Morgan fingerprint density at radius 2 is 1.65 bits per heavy atom. The maximum atomic E-state index is 13.2. The van der Waals surface area contributed by atoms with Gasteiger partial charge in [0.25, 0.3) is 5.92 Å². The van der Waals surface area contributed by atoms with E-state index in [0.29, 0.717) is 12.1 Å². The number of nitrogens with two attached hydrogens (primary N) is 1. The minimum Gasteiger partial charge on any atom is -0.330 e. The molecule has 1 rings (SSSR count). The standard InChI is InChI=1S/C10H9F6N/c11-8-5-6(10(14,15)16)1-2-7(8)9(12,13)3-4-17/h1-2,5H,3-4,17H2. The molecule has 0 saturated heterocycles. The van der Waals surface area contributed by atoms with Crippen molar-refractivity contribution >= 4 is 0 Å². The summed E-state index contributed by atoms with van der Waals surface area (Å²) in [4.78, 5) is 0. The lowest BCUT2D eigenvalue weighted by Crippen LogP contribution is -2.20. The maximum absolute atomic E-state index is 13.2. The third-order valence-corrected chi connectivity index (χ3v) is 2.15. The second-order valence-corrected chi connectivity index (χ2v) is 3.44. The van der Waals surface area contributed by atoms with Gasteiger partial charge in [-0.05, 0) is 24.7 Å². The SMILES string of the molecule is NCCC(F)(F)c1ccc(C(F)(F)F)cc1F. The van der Waals surface area contributed by atoms with Crippen molar-refractivity contribution in [2.24, 2.45) is 5.73 Å². The Morgan fingerprint density at radius 1 is 1.06 bits per heavy atom. The van der Waals surface area contributed by atoms with Crippen LogP contribution in [0.1, 0.15) is 17.5 Å². The summed E-state index contributed by atoms with van der Waals surface area (Å²) in [6.07, 6.45) is -5.59. The predicted octanol–water partition coefficient (Wildman–Crippen LogP) is 3.29. The van der Waals surface area contributed by atoms with E-state index in [1.165, 1.54) is 0 Å². The van der Waals surface area contributed by atoms with Crippen molar-refractivity contribution in [2.75, 3.05) is 6.54 Å². The lowest BCUT2D eigenvalue weighted by molar-refractivity contribution is -0.137. The lowest BCUT2D eigenvalue weighted by Gasteiger charge is -2.17. The van der Waals surface area contributed by atoms with Crippen LogP contribution in [-0.4, -0.2) is 6.54 Å². The minimum atomic E-state index is -4.76. The molecule has 1 nitrogen and oxygen atoms in total. The summed E-state index contributed by atoms with van der Waals surface area (Å²) < 4.78 is 76.2. The smallest absolute Gasteiger partial charge is 0.330 e. The molecule has 0 aliphatic rings. The van der Waals surface area contributed by atoms with E-state index in [-0.39, 0.29) is 6.07 Å². The van der Waals surface area contributed by atoms with Gasteiger partial charge in [-0.3, -0.25) is 0 Å². The van der Waals surface area contributed by atoms with E-state index >= 15 is 0 Å². The summed E-state index contributed by atoms with van der Waals surface area (Å²) in [6.45, 7) is -0.395. The normalized spacial score (nSPS) is 12.9. The Kier molecular flexibility index (Phi) is 3.71. The first-order valence-electron chi connectivity index (χ1n) is 4.63. The molecule has 1 aromatic carbocycles. The van der Waals surface area contributed by atoms with Crippen LogP contribution in [-0.2, 0) is 12.1 Å². The zero-order valence-corrected chi connectivity index (χ0v) is 8.49. The van der Waals surface area contributed by atoms with E-state index in [4.69, 9.17) is 5.73 Å². The van der Waals surface area contributed by atoms with Crippen molar-refractivity contribution in [1.82, 2.24) is 0 Å². The van der Waals surface area contributed by atoms with Gasteiger partial charge >= 0.3 is 6.18 Å². The topological polar surface area (TPSA) is 26.0 Å². The van der Waals surface area contributed by atoms with Crippen LogP contribution in [0, 0.1) is 5.82 Å². The average Bonchev–Trinajstić information content (AvgIpc) is 2.15. The van der Waals surface area contributed by atoms with Crippen LogP contribution in [0.25, 0.3) is 0 Å². The Bertz CT molecular complexity index is 398. The van der Waals surface area contributed by atoms with Gasteiger partial charge in [0, 0.05) is 6.42 Å². The molecule has 2 N–H and O–H groups in total. The van der Waals surface area contributed by atoms with Gasteiger partial charge in [0.1, 0.15) is 5.82 Å².